The van der Waals surface area contributed by atoms with Crippen LogP contribution in [0.15, 0.2) is 36.5 Å². The lowest BCUT2D eigenvalue weighted by atomic mass is 10.2. The minimum absolute atomic E-state index is 0.0129. The molecule has 1 atom stereocenters. The number of ether oxygens (including phenoxy) is 1. The van der Waals surface area contributed by atoms with Crippen LogP contribution in [0.3, 0.4) is 0 Å². The number of anilines is 2. The average molecular weight is 356 g/mol. The maximum absolute atomic E-state index is 12.7. The van der Waals surface area contributed by atoms with Crippen LogP contribution in [0.4, 0.5) is 24.7 Å². The molecule has 25 heavy (non-hydrogen) atoms. The van der Waals surface area contributed by atoms with Gasteiger partial charge in [-0.15, -0.1) is 0 Å². The van der Waals surface area contributed by atoms with Gasteiger partial charge in [-0.05, 0) is 25.1 Å². The van der Waals surface area contributed by atoms with Crippen LogP contribution in [0.1, 0.15) is 18.5 Å². The predicted molar refractivity (Wildman–Crippen MR) is 87.4 cm³/mol. The molecule has 0 aliphatic carbocycles. The zero-order valence-corrected chi connectivity index (χ0v) is 13.8. The number of hydrogen-bond donors (Lipinski definition) is 2. The smallest absolute Gasteiger partial charge is 0.382 e. The first-order valence-electron chi connectivity index (χ1n) is 7.54. The molecule has 1 aromatic carbocycles. The van der Waals surface area contributed by atoms with Crippen molar-refractivity contribution in [1.82, 2.24) is 9.78 Å². The molecule has 1 aromatic heterocycles. The van der Waals surface area contributed by atoms with E-state index in [0.717, 1.165) is 12.1 Å². The quantitative estimate of drug-likeness (QED) is 0.800. The fourth-order valence-electron chi connectivity index (χ4n) is 2.14. The van der Waals surface area contributed by atoms with Crippen molar-refractivity contribution in [3.05, 3.63) is 42.1 Å². The Kier molecular flexibility index (Phi) is 6.02. The molecular formula is C16H19F3N4O2. The van der Waals surface area contributed by atoms with E-state index in [9.17, 15) is 18.0 Å². The highest BCUT2D eigenvalue weighted by Crippen LogP contribution is 2.30. The average Bonchev–Trinajstić information content (AvgIpc) is 3.01. The first kappa shape index (κ1) is 18.8. The number of hydrogen-bond acceptors (Lipinski definition) is 4. The molecule has 0 radical (unpaired) electrons. The molecule has 2 rings (SSSR count). The molecule has 2 N–H and O–H groups in total. The van der Waals surface area contributed by atoms with E-state index in [1.165, 1.54) is 12.1 Å². The molecule has 1 unspecified atom stereocenters. The Balaban J connectivity index is 1.89. The van der Waals surface area contributed by atoms with E-state index in [1.54, 1.807) is 24.1 Å². The van der Waals surface area contributed by atoms with Crippen molar-refractivity contribution < 1.29 is 22.7 Å². The summed E-state index contributed by atoms with van der Waals surface area (Å²) in [6.45, 7) is 2.21. The summed E-state index contributed by atoms with van der Waals surface area (Å²) >= 11 is 0. The van der Waals surface area contributed by atoms with E-state index in [4.69, 9.17) is 4.74 Å². The normalized spacial score (nSPS) is 12.7. The highest BCUT2D eigenvalue weighted by atomic mass is 19.4. The molecule has 9 heteroatoms. The summed E-state index contributed by atoms with van der Waals surface area (Å²) in [5.41, 5.74) is -0.562. The maximum atomic E-state index is 12.7. The predicted octanol–water partition coefficient (Wildman–Crippen LogP) is 3.16. The number of amides is 1. The van der Waals surface area contributed by atoms with Crippen molar-refractivity contribution in [2.75, 3.05) is 30.9 Å². The second-order valence-corrected chi connectivity index (χ2v) is 5.47. The Morgan fingerprint density at radius 1 is 1.36 bits per heavy atom. The van der Waals surface area contributed by atoms with Crippen LogP contribution in [-0.4, -0.2) is 35.9 Å². The van der Waals surface area contributed by atoms with Crippen molar-refractivity contribution in [1.29, 1.82) is 0 Å². The minimum atomic E-state index is -4.42. The van der Waals surface area contributed by atoms with Crippen LogP contribution in [0.25, 0.3) is 0 Å². The third-order valence-electron chi connectivity index (χ3n) is 3.38. The zero-order chi connectivity index (χ0) is 18.4. The minimum Gasteiger partial charge on any atom is -0.382 e. The highest BCUT2D eigenvalue weighted by molar-refractivity contribution is 5.92. The lowest BCUT2D eigenvalue weighted by molar-refractivity contribution is -0.137. The van der Waals surface area contributed by atoms with Gasteiger partial charge >= 0.3 is 6.18 Å². The lowest BCUT2D eigenvalue weighted by Gasteiger charge is -2.11. The fraction of sp³-hybridized carbons (Fsp3) is 0.375. The number of aromatic nitrogens is 2. The second kappa shape index (κ2) is 8.02. The maximum Gasteiger partial charge on any atom is 0.416 e. The van der Waals surface area contributed by atoms with E-state index in [-0.39, 0.29) is 18.3 Å². The number of halogens is 3. The molecule has 1 amide bonds. The summed E-state index contributed by atoms with van der Waals surface area (Å²) in [5.74, 6) is -0.0548. The van der Waals surface area contributed by atoms with Crippen LogP contribution in [0.5, 0.6) is 0 Å². The van der Waals surface area contributed by atoms with Crippen LogP contribution in [-0.2, 0) is 15.7 Å². The molecule has 0 aliphatic heterocycles. The first-order valence-corrected chi connectivity index (χ1v) is 7.54. The molecule has 0 spiro atoms. The number of carbonyl (C=O) groups excluding carboxylic acids is 1. The summed E-state index contributed by atoms with van der Waals surface area (Å²) in [6, 6.07) is 6.31. The molecule has 0 fully saturated rings. The molecule has 0 bridgehead atoms. The van der Waals surface area contributed by atoms with Crippen molar-refractivity contribution in [3.63, 3.8) is 0 Å². The third kappa shape index (κ3) is 5.49. The van der Waals surface area contributed by atoms with E-state index in [1.807, 2.05) is 6.92 Å². The van der Waals surface area contributed by atoms with Crippen LogP contribution in [0, 0.1) is 0 Å². The van der Waals surface area contributed by atoms with Crippen molar-refractivity contribution >= 4 is 17.4 Å². The molecule has 136 valence electrons. The lowest BCUT2D eigenvalue weighted by Crippen LogP contribution is -2.22. The van der Waals surface area contributed by atoms with Crippen molar-refractivity contribution in [2.24, 2.45) is 0 Å². The summed E-state index contributed by atoms with van der Waals surface area (Å²) in [5, 5.41) is 9.44. The number of nitrogens with one attached hydrogen (secondary N) is 2. The van der Waals surface area contributed by atoms with E-state index in [0.29, 0.717) is 12.4 Å². The SMILES string of the molecule is COCC(C)n1ccc(NC(=O)CNc2cccc(C(F)(F)F)c2)n1. The molecule has 0 aliphatic rings. The summed E-state index contributed by atoms with van der Waals surface area (Å²) in [4.78, 5) is 11.9. The number of alkyl halides is 3. The van der Waals surface area contributed by atoms with E-state index < -0.39 is 17.6 Å². The largest absolute Gasteiger partial charge is 0.416 e. The summed E-state index contributed by atoms with van der Waals surface area (Å²) < 4.78 is 44.6. The van der Waals surface area contributed by atoms with E-state index in [2.05, 4.69) is 15.7 Å². The van der Waals surface area contributed by atoms with Gasteiger partial charge < -0.3 is 15.4 Å². The third-order valence-corrected chi connectivity index (χ3v) is 3.38. The molecule has 0 saturated carbocycles. The van der Waals surface area contributed by atoms with Gasteiger partial charge in [0.05, 0.1) is 24.8 Å². The fourth-order valence-corrected chi connectivity index (χ4v) is 2.14. The molecule has 2 aromatic rings. The Morgan fingerprint density at radius 3 is 2.80 bits per heavy atom. The van der Waals surface area contributed by atoms with Gasteiger partial charge in [0.15, 0.2) is 5.82 Å². The number of carbonyl (C=O) groups is 1. The second-order valence-electron chi connectivity index (χ2n) is 5.47. The first-order chi connectivity index (χ1) is 11.8. The standard InChI is InChI=1S/C16H19F3N4O2/c1-11(10-25-2)23-7-6-14(22-23)21-15(24)9-20-13-5-3-4-12(8-13)16(17,18)19/h3-8,11,20H,9-10H2,1-2H3,(H,21,22,24). The zero-order valence-electron chi connectivity index (χ0n) is 13.8. The van der Waals surface area contributed by atoms with Gasteiger partial charge in [0.2, 0.25) is 5.91 Å². The summed E-state index contributed by atoms with van der Waals surface area (Å²) in [6.07, 6.45) is -2.72. The monoisotopic (exact) mass is 356 g/mol. The number of rotatable bonds is 7. The molecule has 1 heterocycles. The van der Waals surface area contributed by atoms with Crippen molar-refractivity contribution in [2.45, 2.75) is 19.1 Å². The number of benzene rings is 1. The Labute approximate surface area is 143 Å². The molecule has 0 saturated heterocycles. The van der Waals surface area contributed by atoms with Crippen LogP contribution in [0.2, 0.25) is 0 Å². The van der Waals surface area contributed by atoms with Gasteiger partial charge in [0, 0.05) is 25.1 Å². The Morgan fingerprint density at radius 2 is 2.12 bits per heavy atom. The van der Waals surface area contributed by atoms with Gasteiger partial charge in [-0.25, -0.2) is 0 Å². The molecule has 6 nitrogen and oxygen atoms in total. The highest BCUT2D eigenvalue weighted by Gasteiger charge is 2.30. The van der Waals surface area contributed by atoms with Gasteiger partial charge in [-0.2, -0.15) is 18.3 Å². The number of nitrogens with zero attached hydrogens (tertiary/aromatic N) is 2. The van der Waals surface area contributed by atoms with Gasteiger partial charge in [-0.3, -0.25) is 9.48 Å². The van der Waals surface area contributed by atoms with Crippen LogP contribution >= 0.6 is 0 Å². The van der Waals surface area contributed by atoms with E-state index >= 15 is 0 Å². The summed E-state index contributed by atoms with van der Waals surface area (Å²) in [7, 11) is 1.59. The van der Waals surface area contributed by atoms with Gasteiger partial charge in [0.25, 0.3) is 0 Å². The molecular weight excluding hydrogens is 337 g/mol. The Hall–Kier alpha value is -2.55. The topological polar surface area (TPSA) is 68.2 Å². The number of methoxy groups -OCH3 is 1. The Bertz CT molecular complexity index is 715. The van der Waals surface area contributed by atoms with Crippen molar-refractivity contribution in [3.8, 4) is 0 Å². The van der Waals surface area contributed by atoms with Gasteiger partial charge in [0.1, 0.15) is 0 Å². The van der Waals surface area contributed by atoms with Crippen LogP contribution < -0.4 is 10.6 Å². The van der Waals surface area contributed by atoms with Gasteiger partial charge in [-0.1, -0.05) is 6.07 Å².